The van der Waals surface area contributed by atoms with Gasteiger partial charge in [-0.25, -0.2) is 0 Å². The first-order valence-electron chi connectivity index (χ1n) is 7.67. The minimum Gasteiger partial charge on any atom is -0.366 e. The molecule has 2 heteroatoms. The smallest absolute Gasteiger partial charge is 0.0416 e. The second kappa shape index (κ2) is 4.82. The van der Waals surface area contributed by atoms with Crippen molar-refractivity contribution in [3.63, 3.8) is 0 Å². The standard InChI is InChI=1S/C17H26N2/c1-13-5-8-16(19-10-4-9-17(19,2)3)14(11-13)12-18-15-6-7-15/h5,8,11,15,18H,4,6-7,9-10,12H2,1-3H3. The molecule has 2 nitrogen and oxygen atoms in total. The fourth-order valence-electron chi connectivity index (χ4n) is 3.21. The zero-order chi connectivity index (χ0) is 13.5. The van der Waals surface area contributed by atoms with E-state index >= 15 is 0 Å². The minimum absolute atomic E-state index is 0.309. The highest BCUT2D eigenvalue weighted by molar-refractivity contribution is 5.57. The molecule has 2 aliphatic rings. The monoisotopic (exact) mass is 258 g/mol. The number of hydrogen-bond acceptors (Lipinski definition) is 2. The van der Waals surface area contributed by atoms with E-state index in [1.54, 1.807) is 0 Å². The summed E-state index contributed by atoms with van der Waals surface area (Å²) in [5, 5.41) is 3.66. The Bertz CT molecular complexity index is 460. The van der Waals surface area contributed by atoms with Gasteiger partial charge in [0.25, 0.3) is 0 Å². The van der Waals surface area contributed by atoms with Crippen LogP contribution in [0, 0.1) is 6.92 Å². The Morgan fingerprint density at radius 3 is 2.74 bits per heavy atom. The van der Waals surface area contributed by atoms with Crippen LogP contribution in [0.5, 0.6) is 0 Å². The summed E-state index contributed by atoms with van der Waals surface area (Å²) in [5.41, 5.74) is 4.60. The molecular weight excluding hydrogens is 232 g/mol. The van der Waals surface area contributed by atoms with E-state index in [0.717, 1.165) is 12.6 Å². The summed E-state index contributed by atoms with van der Waals surface area (Å²) >= 11 is 0. The molecule has 104 valence electrons. The molecule has 1 saturated heterocycles. The van der Waals surface area contributed by atoms with Crippen molar-refractivity contribution in [2.24, 2.45) is 0 Å². The van der Waals surface area contributed by atoms with E-state index in [1.165, 1.54) is 49.0 Å². The van der Waals surface area contributed by atoms with Crippen molar-refractivity contribution >= 4 is 5.69 Å². The number of nitrogens with zero attached hydrogens (tertiary/aromatic N) is 1. The molecule has 1 aromatic rings. The summed E-state index contributed by atoms with van der Waals surface area (Å²) in [6.07, 6.45) is 5.33. The zero-order valence-electron chi connectivity index (χ0n) is 12.5. The average Bonchev–Trinajstić information content (AvgIpc) is 3.11. The van der Waals surface area contributed by atoms with Gasteiger partial charge in [0.15, 0.2) is 0 Å². The van der Waals surface area contributed by atoms with Gasteiger partial charge >= 0.3 is 0 Å². The molecule has 0 radical (unpaired) electrons. The SMILES string of the molecule is Cc1ccc(N2CCCC2(C)C)c(CNC2CC2)c1. The lowest BCUT2D eigenvalue weighted by atomic mass is 10.00. The van der Waals surface area contributed by atoms with Crippen LogP contribution in [0.15, 0.2) is 18.2 Å². The normalized spacial score (nSPS) is 21.9. The highest BCUT2D eigenvalue weighted by atomic mass is 15.2. The Labute approximate surface area is 117 Å². The molecule has 1 heterocycles. The average molecular weight is 258 g/mol. The van der Waals surface area contributed by atoms with E-state index in [2.05, 4.69) is 49.2 Å². The van der Waals surface area contributed by atoms with Crippen molar-refractivity contribution in [3.05, 3.63) is 29.3 Å². The lowest BCUT2D eigenvalue weighted by molar-refractivity contribution is 0.516. The third kappa shape index (κ3) is 2.79. The summed E-state index contributed by atoms with van der Waals surface area (Å²) in [5.74, 6) is 0. The molecule has 1 saturated carbocycles. The fraction of sp³-hybridized carbons (Fsp3) is 0.647. The molecule has 19 heavy (non-hydrogen) atoms. The number of aryl methyl sites for hydroxylation is 1. The molecule has 0 amide bonds. The van der Waals surface area contributed by atoms with Gasteiger partial charge in [-0.1, -0.05) is 17.7 Å². The van der Waals surface area contributed by atoms with Crippen molar-refractivity contribution in [1.29, 1.82) is 0 Å². The van der Waals surface area contributed by atoms with E-state index in [-0.39, 0.29) is 0 Å². The Hall–Kier alpha value is -1.02. The van der Waals surface area contributed by atoms with Gasteiger partial charge < -0.3 is 10.2 Å². The van der Waals surface area contributed by atoms with Crippen LogP contribution in [-0.4, -0.2) is 18.1 Å². The van der Waals surface area contributed by atoms with E-state index in [1.807, 2.05) is 0 Å². The highest BCUT2D eigenvalue weighted by Crippen LogP contribution is 2.36. The Balaban J connectivity index is 1.86. The summed E-state index contributed by atoms with van der Waals surface area (Å²) in [7, 11) is 0. The highest BCUT2D eigenvalue weighted by Gasteiger charge is 2.33. The summed E-state index contributed by atoms with van der Waals surface area (Å²) in [6, 6.07) is 7.72. The van der Waals surface area contributed by atoms with Gasteiger partial charge in [-0.3, -0.25) is 0 Å². The van der Waals surface area contributed by atoms with Gasteiger partial charge in [-0.15, -0.1) is 0 Å². The van der Waals surface area contributed by atoms with Crippen LogP contribution in [0.3, 0.4) is 0 Å². The Morgan fingerprint density at radius 2 is 2.11 bits per heavy atom. The number of rotatable bonds is 4. The maximum absolute atomic E-state index is 3.66. The number of nitrogens with one attached hydrogen (secondary N) is 1. The van der Waals surface area contributed by atoms with Gasteiger partial charge in [0, 0.05) is 30.4 Å². The first kappa shape index (κ1) is 13.0. The van der Waals surface area contributed by atoms with Crippen molar-refractivity contribution in [2.75, 3.05) is 11.4 Å². The topological polar surface area (TPSA) is 15.3 Å². The van der Waals surface area contributed by atoms with E-state index < -0.39 is 0 Å². The zero-order valence-corrected chi connectivity index (χ0v) is 12.5. The first-order valence-corrected chi connectivity index (χ1v) is 7.67. The lowest BCUT2D eigenvalue weighted by Crippen LogP contribution is -2.39. The molecule has 1 aliphatic carbocycles. The molecule has 2 fully saturated rings. The second-order valence-electron chi connectivity index (χ2n) is 6.85. The molecule has 0 spiro atoms. The van der Waals surface area contributed by atoms with Crippen LogP contribution in [-0.2, 0) is 6.54 Å². The van der Waals surface area contributed by atoms with Gasteiger partial charge in [0.05, 0.1) is 0 Å². The maximum atomic E-state index is 3.66. The Kier molecular flexibility index (Phi) is 3.30. The molecule has 0 aromatic heterocycles. The van der Waals surface area contributed by atoms with Gasteiger partial charge in [0.1, 0.15) is 0 Å². The van der Waals surface area contributed by atoms with Crippen LogP contribution >= 0.6 is 0 Å². The molecule has 0 atom stereocenters. The molecular formula is C17H26N2. The number of anilines is 1. The first-order chi connectivity index (χ1) is 9.06. The second-order valence-corrected chi connectivity index (χ2v) is 6.85. The predicted molar refractivity (Wildman–Crippen MR) is 81.7 cm³/mol. The summed E-state index contributed by atoms with van der Waals surface area (Å²) in [6.45, 7) is 9.16. The van der Waals surface area contributed by atoms with Crippen molar-refractivity contribution in [3.8, 4) is 0 Å². The maximum Gasteiger partial charge on any atom is 0.0416 e. The van der Waals surface area contributed by atoms with E-state index in [0.29, 0.717) is 5.54 Å². The minimum atomic E-state index is 0.309. The summed E-state index contributed by atoms with van der Waals surface area (Å²) < 4.78 is 0. The number of benzene rings is 1. The van der Waals surface area contributed by atoms with Crippen LogP contribution in [0.25, 0.3) is 0 Å². The van der Waals surface area contributed by atoms with Gasteiger partial charge in [-0.2, -0.15) is 0 Å². The quantitative estimate of drug-likeness (QED) is 0.887. The lowest BCUT2D eigenvalue weighted by Gasteiger charge is -2.35. The number of hydrogen-bond donors (Lipinski definition) is 1. The molecule has 1 aliphatic heterocycles. The van der Waals surface area contributed by atoms with Gasteiger partial charge in [-0.05, 0) is 58.1 Å². The van der Waals surface area contributed by atoms with Gasteiger partial charge in [0.2, 0.25) is 0 Å². The molecule has 3 rings (SSSR count). The molecule has 1 aromatic carbocycles. The van der Waals surface area contributed by atoms with E-state index in [4.69, 9.17) is 0 Å². The van der Waals surface area contributed by atoms with Crippen LogP contribution in [0.2, 0.25) is 0 Å². The molecule has 0 bridgehead atoms. The van der Waals surface area contributed by atoms with Crippen LogP contribution < -0.4 is 10.2 Å². The molecule has 1 N–H and O–H groups in total. The Morgan fingerprint density at radius 1 is 1.32 bits per heavy atom. The van der Waals surface area contributed by atoms with Crippen molar-refractivity contribution in [1.82, 2.24) is 5.32 Å². The van der Waals surface area contributed by atoms with Crippen molar-refractivity contribution in [2.45, 2.75) is 64.6 Å². The third-order valence-electron chi connectivity index (χ3n) is 4.59. The van der Waals surface area contributed by atoms with E-state index in [9.17, 15) is 0 Å². The third-order valence-corrected chi connectivity index (χ3v) is 4.59. The predicted octanol–water partition coefficient (Wildman–Crippen LogP) is 3.63. The fourth-order valence-corrected chi connectivity index (χ4v) is 3.21. The largest absolute Gasteiger partial charge is 0.366 e. The van der Waals surface area contributed by atoms with Crippen LogP contribution in [0.1, 0.15) is 50.7 Å². The van der Waals surface area contributed by atoms with Crippen molar-refractivity contribution < 1.29 is 0 Å². The summed E-state index contributed by atoms with van der Waals surface area (Å²) in [4.78, 5) is 2.61. The molecule has 0 unspecified atom stereocenters. The van der Waals surface area contributed by atoms with Crippen LogP contribution in [0.4, 0.5) is 5.69 Å².